The van der Waals surface area contributed by atoms with Gasteiger partial charge in [-0.15, -0.1) is 0 Å². The van der Waals surface area contributed by atoms with E-state index >= 15 is 0 Å². The number of fused-ring (bicyclic) bond motifs is 2. The second kappa shape index (κ2) is 7.36. The molecule has 0 saturated carbocycles. The monoisotopic (exact) mass is 380 g/mol. The van der Waals surface area contributed by atoms with Crippen LogP contribution >= 0.6 is 0 Å². The van der Waals surface area contributed by atoms with Crippen molar-refractivity contribution in [2.24, 2.45) is 11.8 Å². The van der Waals surface area contributed by atoms with Crippen molar-refractivity contribution in [3.8, 4) is 6.07 Å². The molecule has 3 aliphatic heterocycles. The van der Waals surface area contributed by atoms with E-state index in [1.807, 2.05) is 12.1 Å². The molecule has 7 heteroatoms. The number of nitriles is 1. The first-order chi connectivity index (χ1) is 13.7. The Bertz CT molecular complexity index is 875. The number of nitrogens with zero attached hydrogens (tertiary/aromatic N) is 5. The van der Waals surface area contributed by atoms with Crippen LogP contribution in [0.4, 0.5) is 5.69 Å². The lowest BCUT2D eigenvalue weighted by molar-refractivity contribution is -0.0300. The predicted molar refractivity (Wildman–Crippen MR) is 107 cm³/mol. The molecule has 7 nitrogen and oxygen atoms in total. The van der Waals surface area contributed by atoms with Crippen molar-refractivity contribution >= 4 is 11.2 Å². The summed E-state index contributed by atoms with van der Waals surface area (Å²) in [6.07, 6.45) is 3.46. The third-order valence-corrected chi connectivity index (χ3v) is 6.53. The number of hydrogen-bond acceptors (Lipinski definition) is 6. The topological polar surface area (TPSA) is 68.8 Å². The first-order valence-electron chi connectivity index (χ1n) is 10.4. The maximum absolute atomic E-state index is 9.33. The Labute approximate surface area is 165 Å². The molecule has 5 rings (SSSR count). The molecule has 3 saturated heterocycles. The van der Waals surface area contributed by atoms with Crippen LogP contribution in [0.5, 0.6) is 0 Å². The molecule has 2 aromatic heterocycles. The first-order valence-corrected chi connectivity index (χ1v) is 10.4. The van der Waals surface area contributed by atoms with Gasteiger partial charge in [0, 0.05) is 32.7 Å². The van der Waals surface area contributed by atoms with Gasteiger partial charge in [0.05, 0.1) is 29.6 Å². The van der Waals surface area contributed by atoms with E-state index in [2.05, 4.69) is 39.3 Å². The molecule has 3 fully saturated rings. The number of hydrogen-bond donors (Lipinski definition) is 1. The Balaban J connectivity index is 1.32. The van der Waals surface area contributed by atoms with E-state index in [1.54, 1.807) is 10.7 Å². The van der Waals surface area contributed by atoms with Gasteiger partial charge in [-0.3, -0.25) is 0 Å². The Hall–Kier alpha value is -2.14. The van der Waals surface area contributed by atoms with Gasteiger partial charge in [-0.05, 0) is 56.5 Å². The van der Waals surface area contributed by atoms with Crippen molar-refractivity contribution in [1.29, 1.82) is 5.26 Å². The molecule has 0 amide bonds. The zero-order valence-electron chi connectivity index (χ0n) is 16.4. The Morgan fingerprint density at radius 1 is 1.21 bits per heavy atom. The van der Waals surface area contributed by atoms with Crippen molar-refractivity contribution in [3.63, 3.8) is 0 Å². The average molecular weight is 380 g/mol. The molecule has 0 radical (unpaired) electrons. The summed E-state index contributed by atoms with van der Waals surface area (Å²) in [5.74, 6) is 1.65. The number of aromatic nitrogens is 2. The van der Waals surface area contributed by atoms with Crippen LogP contribution in [0.25, 0.3) is 5.52 Å². The number of pyridine rings is 1. The second-order valence-electron chi connectivity index (χ2n) is 8.55. The number of morpholine rings is 1. The van der Waals surface area contributed by atoms with E-state index in [0.717, 1.165) is 42.7 Å². The Morgan fingerprint density at radius 2 is 2.11 bits per heavy atom. The molecule has 0 bridgehead atoms. The average Bonchev–Trinajstić information content (AvgIpc) is 3.33. The fourth-order valence-corrected chi connectivity index (χ4v) is 5.30. The van der Waals surface area contributed by atoms with Gasteiger partial charge in [0.25, 0.3) is 0 Å². The first kappa shape index (κ1) is 17.9. The van der Waals surface area contributed by atoms with Gasteiger partial charge in [-0.1, -0.05) is 0 Å². The fourth-order valence-electron chi connectivity index (χ4n) is 5.30. The van der Waals surface area contributed by atoms with E-state index in [4.69, 9.17) is 4.74 Å². The highest BCUT2D eigenvalue weighted by Crippen LogP contribution is 2.30. The molecule has 28 heavy (non-hydrogen) atoms. The van der Waals surface area contributed by atoms with Crippen molar-refractivity contribution < 1.29 is 4.74 Å². The maximum Gasteiger partial charge on any atom is 0.142 e. The van der Waals surface area contributed by atoms with Crippen LogP contribution in [-0.4, -0.2) is 72.5 Å². The van der Waals surface area contributed by atoms with Gasteiger partial charge in [-0.25, -0.2) is 4.52 Å². The second-order valence-corrected chi connectivity index (χ2v) is 8.55. The van der Waals surface area contributed by atoms with Crippen LogP contribution in [0.2, 0.25) is 0 Å². The Kier molecular flexibility index (Phi) is 4.71. The summed E-state index contributed by atoms with van der Waals surface area (Å²) in [6.45, 7) is 9.63. The third-order valence-electron chi connectivity index (χ3n) is 6.53. The highest BCUT2D eigenvalue weighted by Gasteiger charge is 2.36. The van der Waals surface area contributed by atoms with E-state index < -0.39 is 0 Å². The van der Waals surface area contributed by atoms with Gasteiger partial charge in [0.15, 0.2) is 0 Å². The Morgan fingerprint density at radius 3 is 2.96 bits per heavy atom. The van der Waals surface area contributed by atoms with E-state index in [0.29, 0.717) is 5.69 Å². The molecule has 3 aliphatic rings. The summed E-state index contributed by atoms with van der Waals surface area (Å²) in [6, 6.07) is 8.13. The number of likely N-dealkylation sites (tertiary alicyclic amines) is 1. The zero-order chi connectivity index (χ0) is 19.1. The molecule has 1 N–H and O–H groups in total. The summed E-state index contributed by atoms with van der Waals surface area (Å²) in [5, 5.41) is 17.2. The lowest BCUT2D eigenvalue weighted by atomic mass is 9.90. The smallest absolute Gasteiger partial charge is 0.142 e. The van der Waals surface area contributed by atoms with Crippen molar-refractivity contribution in [2.45, 2.75) is 25.6 Å². The maximum atomic E-state index is 9.33. The van der Waals surface area contributed by atoms with Crippen LogP contribution < -0.4 is 10.2 Å². The van der Waals surface area contributed by atoms with Gasteiger partial charge in [-0.2, -0.15) is 10.4 Å². The minimum absolute atomic E-state index is 0.184. The predicted octanol–water partition coefficient (Wildman–Crippen LogP) is 1.34. The van der Waals surface area contributed by atoms with E-state index in [1.165, 1.54) is 32.6 Å². The van der Waals surface area contributed by atoms with Crippen molar-refractivity contribution in [1.82, 2.24) is 19.8 Å². The quantitative estimate of drug-likeness (QED) is 0.867. The number of nitrogens with one attached hydrogen (secondary N) is 1. The van der Waals surface area contributed by atoms with E-state index in [9.17, 15) is 5.26 Å². The van der Waals surface area contributed by atoms with Gasteiger partial charge in [0.2, 0.25) is 0 Å². The summed E-state index contributed by atoms with van der Waals surface area (Å²) in [4.78, 5) is 5.01. The van der Waals surface area contributed by atoms with Crippen molar-refractivity contribution in [2.75, 3.05) is 50.7 Å². The summed E-state index contributed by atoms with van der Waals surface area (Å²) < 4.78 is 8.06. The van der Waals surface area contributed by atoms with Crippen molar-refractivity contribution in [3.05, 3.63) is 30.1 Å². The molecular formula is C21H28N6O. The number of piperidine rings is 1. The number of anilines is 1. The minimum atomic E-state index is 0.184. The van der Waals surface area contributed by atoms with Gasteiger partial charge >= 0.3 is 0 Å². The highest BCUT2D eigenvalue weighted by molar-refractivity contribution is 5.74. The molecule has 2 aromatic rings. The summed E-state index contributed by atoms with van der Waals surface area (Å²) in [7, 11) is 0. The summed E-state index contributed by atoms with van der Waals surface area (Å²) >= 11 is 0. The molecule has 2 unspecified atom stereocenters. The molecule has 0 aliphatic carbocycles. The molecule has 0 spiro atoms. The normalized spacial score (nSPS) is 31.1. The molecule has 148 valence electrons. The van der Waals surface area contributed by atoms with E-state index in [-0.39, 0.29) is 12.2 Å². The van der Waals surface area contributed by atoms with Crippen LogP contribution in [0.1, 0.15) is 19.0 Å². The van der Waals surface area contributed by atoms with Crippen LogP contribution in [0, 0.1) is 23.2 Å². The largest absolute Gasteiger partial charge is 0.370 e. The van der Waals surface area contributed by atoms with Gasteiger partial charge in [0.1, 0.15) is 11.8 Å². The molecular weight excluding hydrogens is 352 g/mol. The zero-order valence-corrected chi connectivity index (χ0v) is 16.4. The number of ether oxygens (including phenoxy) is 1. The van der Waals surface area contributed by atoms with Crippen LogP contribution in [-0.2, 0) is 4.74 Å². The standard InChI is InChI=1S/C21H28N6O/c1-15-10-26(20-3-2-18(8-22)27-21(20)5-7-24-27)14-19(28-15)13-25-11-16-4-6-23-9-17(16)12-25/h2-3,5,7,15-17,19,23H,4,6,9-14H2,1H3/t15-,16?,17?,19+/m1/s1. The molecule has 4 atom stereocenters. The lowest BCUT2D eigenvalue weighted by Gasteiger charge is -2.39. The highest BCUT2D eigenvalue weighted by atomic mass is 16.5. The molecule has 5 heterocycles. The lowest BCUT2D eigenvalue weighted by Crippen LogP contribution is -2.50. The SMILES string of the molecule is C[C@@H]1CN(c2ccc(C#N)n3nccc23)C[C@H](CN2CC3CCNCC3C2)O1. The third kappa shape index (κ3) is 3.26. The van der Waals surface area contributed by atoms with Crippen LogP contribution in [0.15, 0.2) is 24.4 Å². The fraction of sp³-hybridized carbons (Fsp3) is 0.619. The van der Waals surface area contributed by atoms with Gasteiger partial charge < -0.3 is 19.9 Å². The minimum Gasteiger partial charge on any atom is -0.370 e. The summed E-state index contributed by atoms with van der Waals surface area (Å²) in [5.41, 5.74) is 2.69. The van der Waals surface area contributed by atoms with Crippen LogP contribution in [0.3, 0.4) is 0 Å². The molecule has 0 aromatic carbocycles. The number of rotatable bonds is 3.